The van der Waals surface area contributed by atoms with Gasteiger partial charge in [0.1, 0.15) is 5.75 Å². The number of methoxy groups -OCH3 is 1. The van der Waals surface area contributed by atoms with Gasteiger partial charge in [-0.05, 0) is 12.1 Å². The molecule has 0 saturated carbocycles. The Morgan fingerprint density at radius 1 is 1.56 bits per heavy atom. The first kappa shape index (κ1) is 12.8. The molecular formula is C10H13ClN2O3. The molecule has 5 nitrogen and oxygen atoms in total. The molecule has 0 aliphatic carbocycles. The maximum absolute atomic E-state index is 11.1. The number of carbonyl (C=O) groups excluding carboxylic acids is 1. The van der Waals surface area contributed by atoms with Crippen LogP contribution in [0.5, 0.6) is 5.75 Å². The monoisotopic (exact) mass is 244 g/mol. The van der Waals surface area contributed by atoms with Crippen molar-refractivity contribution in [1.82, 2.24) is 5.48 Å². The number of hydroxylamine groups is 1. The van der Waals surface area contributed by atoms with Crippen LogP contribution in [0.3, 0.4) is 0 Å². The molecule has 0 fully saturated rings. The molecule has 0 saturated heterocycles. The van der Waals surface area contributed by atoms with Crippen molar-refractivity contribution in [1.29, 1.82) is 0 Å². The Labute approximate surface area is 98.3 Å². The van der Waals surface area contributed by atoms with E-state index in [1.54, 1.807) is 12.1 Å². The number of benzene rings is 1. The highest BCUT2D eigenvalue weighted by atomic mass is 35.5. The lowest BCUT2D eigenvalue weighted by Crippen LogP contribution is -2.14. The van der Waals surface area contributed by atoms with E-state index >= 15 is 0 Å². The van der Waals surface area contributed by atoms with Crippen molar-refractivity contribution in [2.24, 2.45) is 0 Å². The van der Waals surface area contributed by atoms with E-state index in [1.807, 2.05) is 5.48 Å². The van der Waals surface area contributed by atoms with Gasteiger partial charge in [0, 0.05) is 24.1 Å². The van der Waals surface area contributed by atoms with Crippen LogP contribution in [0, 0.1) is 0 Å². The summed E-state index contributed by atoms with van der Waals surface area (Å²) < 4.78 is 5.11. The van der Waals surface area contributed by atoms with Crippen molar-refractivity contribution in [2.75, 3.05) is 12.4 Å². The topological polar surface area (TPSA) is 70.6 Å². The number of carbonyl (C=O) groups is 1. The lowest BCUT2D eigenvalue weighted by molar-refractivity contribution is -0.114. The molecule has 1 amide bonds. The molecule has 0 atom stereocenters. The first-order valence-electron chi connectivity index (χ1n) is 4.60. The minimum absolute atomic E-state index is 0.117. The summed E-state index contributed by atoms with van der Waals surface area (Å²) in [5.41, 5.74) is 3.03. The Morgan fingerprint density at radius 3 is 2.75 bits per heavy atom. The highest BCUT2D eigenvalue weighted by Gasteiger charge is 2.13. The molecule has 0 aromatic heterocycles. The van der Waals surface area contributed by atoms with E-state index in [0.717, 1.165) is 0 Å². The van der Waals surface area contributed by atoms with Gasteiger partial charge in [-0.15, -0.1) is 0 Å². The minimum Gasteiger partial charge on any atom is -0.495 e. The van der Waals surface area contributed by atoms with E-state index in [0.29, 0.717) is 22.0 Å². The van der Waals surface area contributed by atoms with Gasteiger partial charge in [0.25, 0.3) is 0 Å². The van der Waals surface area contributed by atoms with Gasteiger partial charge in [-0.25, -0.2) is 5.48 Å². The Hall–Kier alpha value is -1.30. The molecule has 88 valence electrons. The van der Waals surface area contributed by atoms with Crippen LogP contribution in [0.2, 0.25) is 5.02 Å². The summed E-state index contributed by atoms with van der Waals surface area (Å²) in [6, 6.07) is 3.28. The fourth-order valence-electron chi connectivity index (χ4n) is 1.34. The standard InChI is InChI=1S/C10H13ClN2O3/c1-6(14)13-10-7(5-12-15)8(11)3-4-9(10)16-2/h3-4,12,15H,5H2,1-2H3,(H,13,14). The van der Waals surface area contributed by atoms with Gasteiger partial charge in [0.2, 0.25) is 5.91 Å². The molecule has 16 heavy (non-hydrogen) atoms. The van der Waals surface area contributed by atoms with E-state index < -0.39 is 0 Å². The van der Waals surface area contributed by atoms with Crippen LogP contribution in [0.15, 0.2) is 12.1 Å². The first-order valence-corrected chi connectivity index (χ1v) is 4.97. The second-order valence-corrected chi connectivity index (χ2v) is 3.53. The maximum Gasteiger partial charge on any atom is 0.221 e. The minimum atomic E-state index is -0.236. The molecule has 0 bridgehead atoms. The number of halogens is 1. The third-order valence-corrected chi connectivity index (χ3v) is 2.35. The smallest absolute Gasteiger partial charge is 0.221 e. The third kappa shape index (κ3) is 2.85. The van der Waals surface area contributed by atoms with Crippen molar-refractivity contribution in [3.05, 3.63) is 22.7 Å². The molecule has 0 radical (unpaired) electrons. The molecular weight excluding hydrogens is 232 g/mol. The zero-order chi connectivity index (χ0) is 12.1. The summed E-state index contributed by atoms with van der Waals surface area (Å²) >= 11 is 5.96. The van der Waals surface area contributed by atoms with E-state index in [1.165, 1.54) is 14.0 Å². The molecule has 0 heterocycles. The zero-order valence-electron chi connectivity index (χ0n) is 9.00. The van der Waals surface area contributed by atoms with E-state index in [9.17, 15) is 4.79 Å². The lowest BCUT2D eigenvalue weighted by Gasteiger charge is -2.15. The molecule has 1 aromatic rings. The number of amides is 1. The number of hydrogen-bond donors (Lipinski definition) is 3. The van der Waals surface area contributed by atoms with Gasteiger partial charge in [0.15, 0.2) is 0 Å². The number of ether oxygens (including phenoxy) is 1. The van der Waals surface area contributed by atoms with Gasteiger partial charge in [0.05, 0.1) is 12.8 Å². The second kappa shape index (κ2) is 5.69. The normalized spacial score (nSPS) is 10.0. The summed E-state index contributed by atoms with van der Waals surface area (Å²) in [4.78, 5) is 11.1. The largest absolute Gasteiger partial charge is 0.495 e. The summed E-state index contributed by atoms with van der Waals surface area (Å²) in [7, 11) is 1.49. The van der Waals surface area contributed by atoms with Crippen molar-refractivity contribution in [3.63, 3.8) is 0 Å². The molecule has 1 aromatic carbocycles. The molecule has 0 spiro atoms. The van der Waals surface area contributed by atoms with E-state index in [2.05, 4.69) is 5.32 Å². The SMILES string of the molecule is COc1ccc(Cl)c(CNO)c1NC(C)=O. The van der Waals surface area contributed by atoms with Gasteiger partial charge in [-0.2, -0.15) is 0 Å². The van der Waals surface area contributed by atoms with Crippen LogP contribution >= 0.6 is 11.6 Å². The lowest BCUT2D eigenvalue weighted by atomic mass is 10.1. The summed E-state index contributed by atoms with van der Waals surface area (Å²) in [6.45, 7) is 1.50. The van der Waals surface area contributed by atoms with Crippen molar-refractivity contribution in [3.8, 4) is 5.75 Å². The summed E-state index contributed by atoms with van der Waals surface area (Å²) in [5.74, 6) is 0.254. The predicted octanol–water partition coefficient (Wildman–Crippen LogP) is 1.79. The van der Waals surface area contributed by atoms with Crippen molar-refractivity contribution >= 4 is 23.2 Å². The molecule has 0 aliphatic heterocycles. The fourth-order valence-corrected chi connectivity index (χ4v) is 1.56. The molecule has 0 aliphatic rings. The van der Waals surface area contributed by atoms with Crippen LogP contribution in [0.4, 0.5) is 5.69 Å². The first-order chi connectivity index (χ1) is 7.60. The Kier molecular flexibility index (Phi) is 4.54. The molecule has 3 N–H and O–H groups in total. The van der Waals surface area contributed by atoms with Gasteiger partial charge >= 0.3 is 0 Å². The van der Waals surface area contributed by atoms with Crippen molar-refractivity contribution in [2.45, 2.75) is 13.5 Å². The molecule has 1 rings (SSSR count). The number of rotatable bonds is 4. The maximum atomic E-state index is 11.1. The van der Waals surface area contributed by atoms with E-state index in [4.69, 9.17) is 21.5 Å². The highest BCUT2D eigenvalue weighted by molar-refractivity contribution is 6.32. The molecule has 6 heteroatoms. The quantitative estimate of drug-likeness (QED) is 0.706. The number of nitrogens with one attached hydrogen (secondary N) is 2. The van der Waals surface area contributed by atoms with Crippen LogP contribution in [0.25, 0.3) is 0 Å². The number of hydrogen-bond acceptors (Lipinski definition) is 4. The van der Waals surface area contributed by atoms with Gasteiger partial charge < -0.3 is 15.3 Å². The third-order valence-electron chi connectivity index (χ3n) is 1.99. The summed E-state index contributed by atoms with van der Waals surface area (Å²) in [5, 5.41) is 11.8. The Morgan fingerprint density at radius 2 is 2.25 bits per heavy atom. The van der Waals surface area contributed by atoms with Crippen LogP contribution in [-0.2, 0) is 11.3 Å². The fraction of sp³-hybridized carbons (Fsp3) is 0.300. The Bertz CT molecular complexity index is 396. The van der Waals surface area contributed by atoms with Crippen molar-refractivity contribution < 1.29 is 14.7 Å². The van der Waals surface area contributed by atoms with Crippen LogP contribution in [0.1, 0.15) is 12.5 Å². The average molecular weight is 245 g/mol. The molecule has 0 unspecified atom stereocenters. The van der Waals surface area contributed by atoms with Crippen LogP contribution < -0.4 is 15.5 Å². The average Bonchev–Trinajstić information content (AvgIpc) is 2.23. The van der Waals surface area contributed by atoms with Gasteiger partial charge in [-0.1, -0.05) is 11.6 Å². The van der Waals surface area contributed by atoms with E-state index in [-0.39, 0.29) is 12.5 Å². The Balaban J connectivity index is 3.24. The highest BCUT2D eigenvalue weighted by Crippen LogP contribution is 2.33. The summed E-state index contributed by atoms with van der Waals surface area (Å²) in [6.07, 6.45) is 0. The predicted molar refractivity (Wildman–Crippen MR) is 60.9 cm³/mol. The van der Waals surface area contributed by atoms with Crippen LogP contribution in [-0.4, -0.2) is 18.2 Å². The zero-order valence-corrected chi connectivity index (χ0v) is 9.76. The number of anilines is 1. The second-order valence-electron chi connectivity index (χ2n) is 3.12. The van der Waals surface area contributed by atoms with Gasteiger partial charge in [-0.3, -0.25) is 4.79 Å².